The number of anilines is 1. The zero-order chi connectivity index (χ0) is 24.4. The van der Waals surface area contributed by atoms with Crippen molar-refractivity contribution in [1.29, 1.82) is 0 Å². The van der Waals surface area contributed by atoms with Gasteiger partial charge in [-0.25, -0.2) is 9.59 Å². The van der Waals surface area contributed by atoms with Crippen molar-refractivity contribution < 1.29 is 24.2 Å². The molecule has 9 heteroatoms. The van der Waals surface area contributed by atoms with Gasteiger partial charge in [0.25, 0.3) is 0 Å². The Bertz CT molecular complexity index is 800. The minimum Gasteiger partial charge on any atom is -0.508 e. The van der Waals surface area contributed by atoms with Crippen molar-refractivity contribution >= 4 is 23.7 Å². The molecule has 0 spiro atoms. The maximum Gasteiger partial charge on any atom is 0.407 e. The third kappa shape index (κ3) is 9.69. The first-order valence-electron chi connectivity index (χ1n) is 11.6. The third-order valence-electron chi connectivity index (χ3n) is 5.32. The van der Waals surface area contributed by atoms with E-state index in [-0.39, 0.29) is 30.0 Å². The molecule has 0 bridgehead atoms. The summed E-state index contributed by atoms with van der Waals surface area (Å²) in [5, 5.41) is 18.4. The van der Waals surface area contributed by atoms with Crippen LogP contribution >= 0.6 is 0 Å². The number of carbonyl (C=O) groups is 3. The van der Waals surface area contributed by atoms with Gasteiger partial charge in [0.2, 0.25) is 5.91 Å². The molecule has 1 heterocycles. The van der Waals surface area contributed by atoms with Crippen LogP contribution < -0.4 is 16.0 Å². The number of alkyl carbamates (subject to hydrolysis) is 1. The molecule has 0 radical (unpaired) electrons. The Kier molecular flexibility index (Phi) is 9.96. The average Bonchev–Trinajstić information content (AvgIpc) is 2.96. The zero-order valence-corrected chi connectivity index (χ0v) is 20.1. The molecule has 9 nitrogen and oxygen atoms in total. The summed E-state index contributed by atoms with van der Waals surface area (Å²) in [6.07, 6.45) is 2.59. The van der Waals surface area contributed by atoms with Crippen molar-refractivity contribution in [2.24, 2.45) is 5.92 Å². The number of carbonyl (C=O) groups excluding carboxylic acids is 3. The quantitative estimate of drug-likeness (QED) is 0.489. The number of rotatable bonds is 7. The van der Waals surface area contributed by atoms with E-state index in [0.717, 1.165) is 25.9 Å². The number of aromatic hydroxyl groups is 1. The first kappa shape index (κ1) is 26.4. The SMILES string of the molecule is C[C@@H](CCNC(=O)OC(C)(C)C)CC(=O)N(C(=O)Nc1cccc(O)c1)C1CCCNCC1. The van der Waals surface area contributed by atoms with Crippen molar-refractivity contribution in [3.63, 3.8) is 0 Å². The fraction of sp³-hybridized carbons (Fsp3) is 0.625. The highest BCUT2D eigenvalue weighted by molar-refractivity contribution is 6.01. The second-order valence-electron chi connectivity index (χ2n) is 9.61. The van der Waals surface area contributed by atoms with E-state index < -0.39 is 17.7 Å². The number of amides is 4. The first-order chi connectivity index (χ1) is 15.5. The predicted octanol–water partition coefficient (Wildman–Crippen LogP) is 3.84. The van der Waals surface area contributed by atoms with E-state index in [1.165, 1.54) is 17.0 Å². The molecule has 1 aliphatic rings. The fourth-order valence-electron chi connectivity index (χ4n) is 3.74. The monoisotopic (exact) mass is 462 g/mol. The zero-order valence-electron chi connectivity index (χ0n) is 20.1. The molecule has 1 aromatic rings. The summed E-state index contributed by atoms with van der Waals surface area (Å²) < 4.78 is 5.22. The third-order valence-corrected chi connectivity index (χ3v) is 5.32. The fourth-order valence-corrected chi connectivity index (χ4v) is 3.74. The number of phenols is 1. The Hall–Kier alpha value is -2.81. The lowest BCUT2D eigenvalue weighted by Gasteiger charge is -2.30. The smallest absolute Gasteiger partial charge is 0.407 e. The molecule has 2 rings (SSSR count). The maximum atomic E-state index is 13.2. The highest BCUT2D eigenvalue weighted by atomic mass is 16.6. The highest BCUT2D eigenvalue weighted by Gasteiger charge is 2.31. The molecule has 33 heavy (non-hydrogen) atoms. The van der Waals surface area contributed by atoms with E-state index in [0.29, 0.717) is 25.1 Å². The molecule has 1 aliphatic heterocycles. The van der Waals surface area contributed by atoms with Gasteiger partial charge in [-0.3, -0.25) is 9.69 Å². The lowest BCUT2D eigenvalue weighted by atomic mass is 10.0. The number of imide groups is 1. The molecular formula is C24H38N4O5. The number of benzene rings is 1. The summed E-state index contributed by atoms with van der Waals surface area (Å²) in [5.41, 5.74) is -0.137. The minimum atomic E-state index is -0.567. The minimum absolute atomic E-state index is 0.0348. The van der Waals surface area contributed by atoms with Gasteiger partial charge in [-0.05, 0) is 77.6 Å². The van der Waals surface area contributed by atoms with E-state index >= 15 is 0 Å². The van der Waals surface area contributed by atoms with Gasteiger partial charge in [-0.1, -0.05) is 13.0 Å². The lowest BCUT2D eigenvalue weighted by Crippen LogP contribution is -2.47. The Labute approximate surface area is 196 Å². The molecule has 2 atom stereocenters. The standard InChI is InChI=1S/C24H38N4O5/c1-17(10-14-26-23(32)33-24(2,3)4)15-21(30)28(19-8-6-12-25-13-11-19)22(31)27-18-7-5-9-20(29)16-18/h5,7,9,16-17,19,25,29H,6,8,10-15H2,1-4H3,(H,26,32)(H,27,31)/t17-,19?/m0/s1. The van der Waals surface area contributed by atoms with Gasteiger partial charge in [0.15, 0.2) is 0 Å². The molecule has 0 saturated carbocycles. The van der Waals surface area contributed by atoms with Gasteiger partial charge in [0.05, 0.1) is 0 Å². The van der Waals surface area contributed by atoms with E-state index in [9.17, 15) is 19.5 Å². The summed E-state index contributed by atoms with van der Waals surface area (Å²) in [7, 11) is 0. The maximum absolute atomic E-state index is 13.2. The molecule has 1 unspecified atom stereocenters. The van der Waals surface area contributed by atoms with Crippen LogP contribution in [-0.4, -0.2) is 59.3 Å². The van der Waals surface area contributed by atoms with E-state index in [1.807, 2.05) is 6.92 Å². The van der Waals surface area contributed by atoms with Gasteiger partial charge in [-0.2, -0.15) is 0 Å². The summed E-state index contributed by atoms with van der Waals surface area (Å²) in [6, 6.07) is 5.57. The Balaban J connectivity index is 1.99. The van der Waals surface area contributed by atoms with Crippen molar-refractivity contribution in [2.75, 3.05) is 25.0 Å². The van der Waals surface area contributed by atoms with Gasteiger partial charge < -0.3 is 25.8 Å². The molecule has 1 fully saturated rings. The van der Waals surface area contributed by atoms with Crippen LogP contribution in [0.1, 0.15) is 59.8 Å². The van der Waals surface area contributed by atoms with Crippen LogP contribution in [0.2, 0.25) is 0 Å². The number of ether oxygens (including phenoxy) is 1. The lowest BCUT2D eigenvalue weighted by molar-refractivity contribution is -0.130. The van der Waals surface area contributed by atoms with E-state index in [1.54, 1.807) is 32.9 Å². The second kappa shape index (κ2) is 12.4. The Morgan fingerprint density at radius 2 is 2.00 bits per heavy atom. The molecule has 1 aromatic carbocycles. The number of nitrogens with one attached hydrogen (secondary N) is 3. The van der Waals surface area contributed by atoms with Crippen LogP contribution in [0.25, 0.3) is 0 Å². The van der Waals surface area contributed by atoms with Crippen LogP contribution in [0.3, 0.4) is 0 Å². The molecule has 4 amide bonds. The number of urea groups is 1. The highest BCUT2D eigenvalue weighted by Crippen LogP contribution is 2.21. The van der Waals surface area contributed by atoms with Crippen LogP contribution in [0, 0.1) is 5.92 Å². The number of hydrogen-bond donors (Lipinski definition) is 4. The molecule has 4 N–H and O–H groups in total. The topological polar surface area (TPSA) is 120 Å². The predicted molar refractivity (Wildman–Crippen MR) is 127 cm³/mol. The van der Waals surface area contributed by atoms with Gasteiger partial charge in [-0.15, -0.1) is 0 Å². The van der Waals surface area contributed by atoms with Crippen molar-refractivity contribution in [3.05, 3.63) is 24.3 Å². The molecule has 0 aliphatic carbocycles. The summed E-state index contributed by atoms with van der Waals surface area (Å²) in [5.74, 6) is -0.243. The van der Waals surface area contributed by atoms with Crippen molar-refractivity contribution in [1.82, 2.24) is 15.5 Å². The normalized spacial score (nSPS) is 17.4. The van der Waals surface area contributed by atoms with Crippen molar-refractivity contribution in [3.8, 4) is 5.75 Å². The van der Waals surface area contributed by atoms with Gasteiger partial charge >= 0.3 is 12.1 Å². The molecular weight excluding hydrogens is 424 g/mol. The summed E-state index contributed by atoms with van der Waals surface area (Å²) in [6.45, 7) is 9.30. The number of hydrogen-bond acceptors (Lipinski definition) is 6. The van der Waals surface area contributed by atoms with E-state index in [2.05, 4.69) is 16.0 Å². The largest absolute Gasteiger partial charge is 0.508 e. The second-order valence-corrected chi connectivity index (χ2v) is 9.61. The first-order valence-corrected chi connectivity index (χ1v) is 11.6. The molecule has 1 saturated heterocycles. The summed E-state index contributed by atoms with van der Waals surface area (Å²) in [4.78, 5) is 39.5. The molecule has 184 valence electrons. The Morgan fingerprint density at radius 1 is 1.24 bits per heavy atom. The van der Waals surface area contributed by atoms with E-state index in [4.69, 9.17) is 4.74 Å². The van der Waals surface area contributed by atoms with Crippen LogP contribution in [0.5, 0.6) is 5.75 Å². The molecule has 0 aromatic heterocycles. The number of phenolic OH excluding ortho intramolecular Hbond substituents is 1. The van der Waals surface area contributed by atoms with Crippen LogP contribution in [0.4, 0.5) is 15.3 Å². The van der Waals surface area contributed by atoms with Crippen molar-refractivity contribution in [2.45, 2.75) is 71.4 Å². The van der Waals surface area contributed by atoms with Gasteiger partial charge in [0.1, 0.15) is 11.4 Å². The number of nitrogens with zero attached hydrogens (tertiary/aromatic N) is 1. The van der Waals surface area contributed by atoms with Gasteiger partial charge in [0, 0.05) is 30.8 Å². The Morgan fingerprint density at radius 3 is 2.70 bits per heavy atom. The van der Waals surface area contributed by atoms with Crippen LogP contribution in [-0.2, 0) is 9.53 Å². The van der Waals surface area contributed by atoms with Crippen LogP contribution in [0.15, 0.2) is 24.3 Å². The average molecular weight is 463 g/mol. The summed E-state index contributed by atoms with van der Waals surface area (Å²) >= 11 is 0.